The van der Waals surface area contributed by atoms with E-state index >= 15 is 0 Å². The summed E-state index contributed by atoms with van der Waals surface area (Å²) in [6, 6.07) is 6.04. The number of amides is 1. The molecule has 0 aliphatic carbocycles. The molecule has 0 aliphatic rings. The molecule has 0 saturated heterocycles. The Morgan fingerprint density at radius 1 is 1.26 bits per heavy atom. The molecule has 0 saturated carbocycles. The lowest BCUT2D eigenvalue weighted by Gasteiger charge is -2.18. The third kappa shape index (κ3) is 6.23. The van der Waals surface area contributed by atoms with Gasteiger partial charge in [0.15, 0.2) is 0 Å². The number of halogens is 3. The first kappa shape index (κ1) is 21.7. The van der Waals surface area contributed by atoms with Crippen LogP contribution in [0.15, 0.2) is 46.0 Å². The number of nitrogens with one attached hydrogen (secondary N) is 2. The SMILES string of the molecule is CSCC[C@H](NS(=O)(=O)c1cccs1)C(=O)Nc1cccc(C(F)(F)F)c1. The average Bonchev–Trinajstić information content (AvgIpc) is 3.13. The smallest absolute Gasteiger partial charge is 0.325 e. The molecule has 1 atom stereocenters. The van der Waals surface area contributed by atoms with E-state index in [4.69, 9.17) is 0 Å². The van der Waals surface area contributed by atoms with Crippen molar-refractivity contribution in [2.75, 3.05) is 17.3 Å². The fourth-order valence-corrected chi connectivity index (χ4v) is 4.85. The van der Waals surface area contributed by atoms with Gasteiger partial charge in [-0.2, -0.15) is 29.7 Å². The van der Waals surface area contributed by atoms with Crippen LogP contribution in [0.5, 0.6) is 0 Å². The summed E-state index contributed by atoms with van der Waals surface area (Å²) in [5.41, 5.74) is -0.959. The molecule has 27 heavy (non-hydrogen) atoms. The van der Waals surface area contributed by atoms with Gasteiger partial charge in [-0.3, -0.25) is 4.79 Å². The molecule has 11 heteroatoms. The summed E-state index contributed by atoms with van der Waals surface area (Å²) in [4.78, 5) is 12.5. The Hall–Kier alpha value is -1.56. The monoisotopic (exact) mass is 438 g/mol. The highest BCUT2D eigenvalue weighted by molar-refractivity contribution is 7.98. The van der Waals surface area contributed by atoms with Crippen molar-refractivity contribution in [1.29, 1.82) is 0 Å². The molecular weight excluding hydrogens is 421 g/mol. The summed E-state index contributed by atoms with van der Waals surface area (Å²) in [7, 11) is -3.90. The number of carbonyl (C=O) groups is 1. The maximum atomic E-state index is 12.8. The van der Waals surface area contributed by atoms with E-state index in [0.29, 0.717) is 5.75 Å². The van der Waals surface area contributed by atoms with Crippen LogP contribution in [0, 0.1) is 0 Å². The topological polar surface area (TPSA) is 75.3 Å². The molecule has 2 N–H and O–H groups in total. The number of thiophene rings is 1. The first-order chi connectivity index (χ1) is 12.6. The number of hydrogen-bond acceptors (Lipinski definition) is 5. The Labute approximate surface area is 163 Å². The largest absolute Gasteiger partial charge is 0.416 e. The molecule has 2 aromatic rings. The minimum absolute atomic E-state index is 0.0562. The molecule has 0 radical (unpaired) electrons. The first-order valence-corrected chi connectivity index (χ1v) is 11.4. The molecule has 0 spiro atoms. The Morgan fingerprint density at radius 2 is 2.00 bits per heavy atom. The molecule has 2 rings (SSSR count). The van der Waals surface area contributed by atoms with Gasteiger partial charge in [-0.05, 0) is 48.1 Å². The second-order valence-electron chi connectivity index (χ2n) is 5.46. The molecule has 148 valence electrons. The lowest BCUT2D eigenvalue weighted by Crippen LogP contribution is -2.43. The van der Waals surface area contributed by atoms with Crippen LogP contribution in [0.3, 0.4) is 0 Å². The second-order valence-corrected chi connectivity index (χ2v) is 9.33. The fraction of sp³-hybridized carbons (Fsp3) is 0.312. The highest BCUT2D eigenvalue weighted by Gasteiger charge is 2.31. The van der Waals surface area contributed by atoms with Crippen molar-refractivity contribution >= 4 is 44.7 Å². The maximum absolute atomic E-state index is 12.8. The summed E-state index contributed by atoms with van der Waals surface area (Å²) < 4.78 is 65.5. The van der Waals surface area contributed by atoms with Crippen LogP contribution in [-0.4, -0.2) is 32.4 Å². The molecule has 1 amide bonds. The van der Waals surface area contributed by atoms with Crippen LogP contribution in [-0.2, 0) is 21.0 Å². The van der Waals surface area contributed by atoms with Gasteiger partial charge >= 0.3 is 6.18 Å². The van der Waals surface area contributed by atoms with Gasteiger partial charge in [-0.15, -0.1) is 11.3 Å². The Bertz CT molecular complexity index is 869. The molecule has 0 fully saturated rings. The standard InChI is InChI=1S/C16H17F3N2O3S3/c1-25-9-7-13(21-27(23,24)14-6-3-8-26-14)15(22)20-12-5-2-4-11(10-12)16(17,18)19/h2-6,8,10,13,21H,7,9H2,1H3,(H,20,22)/t13-/m0/s1. The molecule has 0 unspecified atom stereocenters. The summed E-state index contributed by atoms with van der Waals surface area (Å²) >= 11 is 2.43. The minimum Gasteiger partial charge on any atom is -0.325 e. The number of hydrogen-bond donors (Lipinski definition) is 2. The number of anilines is 1. The van der Waals surface area contributed by atoms with Crippen LogP contribution in [0.1, 0.15) is 12.0 Å². The number of carbonyl (C=O) groups excluding carboxylic acids is 1. The van der Waals surface area contributed by atoms with Crippen molar-refractivity contribution in [2.45, 2.75) is 22.8 Å². The van der Waals surface area contributed by atoms with Gasteiger partial charge in [0.05, 0.1) is 5.56 Å². The van der Waals surface area contributed by atoms with E-state index in [2.05, 4.69) is 10.0 Å². The quantitative estimate of drug-likeness (QED) is 0.657. The van der Waals surface area contributed by atoms with E-state index in [1.54, 1.807) is 17.7 Å². The number of rotatable bonds is 8. The Kier molecular flexibility index (Phi) is 7.32. The van der Waals surface area contributed by atoms with Gasteiger partial charge in [-0.1, -0.05) is 12.1 Å². The van der Waals surface area contributed by atoms with Gasteiger partial charge in [0, 0.05) is 5.69 Å². The number of sulfonamides is 1. The molecule has 0 bridgehead atoms. The van der Waals surface area contributed by atoms with E-state index < -0.39 is 33.7 Å². The Balaban J connectivity index is 2.18. The molecule has 1 aromatic carbocycles. The van der Waals surface area contributed by atoms with Crippen LogP contribution >= 0.6 is 23.1 Å². The highest BCUT2D eigenvalue weighted by atomic mass is 32.2. The first-order valence-electron chi connectivity index (χ1n) is 7.66. The molecule has 1 aromatic heterocycles. The number of alkyl halides is 3. The molecule has 5 nitrogen and oxygen atoms in total. The number of benzene rings is 1. The summed E-state index contributed by atoms with van der Waals surface area (Å²) in [6.45, 7) is 0. The van der Waals surface area contributed by atoms with E-state index in [1.165, 1.54) is 30.0 Å². The maximum Gasteiger partial charge on any atom is 0.416 e. The van der Waals surface area contributed by atoms with Crippen molar-refractivity contribution in [1.82, 2.24) is 4.72 Å². The zero-order valence-corrected chi connectivity index (χ0v) is 16.6. The van der Waals surface area contributed by atoms with Gasteiger partial charge < -0.3 is 5.32 Å². The van der Waals surface area contributed by atoms with Gasteiger partial charge in [-0.25, -0.2) is 8.42 Å². The predicted molar refractivity (Wildman–Crippen MR) is 102 cm³/mol. The lowest BCUT2D eigenvalue weighted by atomic mass is 10.1. The van der Waals surface area contributed by atoms with Crippen molar-refractivity contribution in [3.63, 3.8) is 0 Å². The van der Waals surface area contributed by atoms with E-state index in [0.717, 1.165) is 23.5 Å². The van der Waals surface area contributed by atoms with Gasteiger partial charge in [0.1, 0.15) is 10.3 Å². The normalized spacial score (nSPS) is 13.3. The summed E-state index contributed by atoms with van der Waals surface area (Å²) in [6.07, 6.45) is -2.55. The number of thioether (sulfide) groups is 1. The zero-order valence-electron chi connectivity index (χ0n) is 14.1. The van der Waals surface area contributed by atoms with Crippen LogP contribution in [0.4, 0.5) is 18.9 Å². The minimum atomic E-state index is -4.54. The van der Waals surface area contributed by atoms with Gasteiger partial charge in [0.25, 0.3) is 10.0 Å². The van der Waals surface area contributed by atoms with Crippen LogP contribution < -0.4 is 10.0 Å². The third-order valence-electron chi connectivity index (χ3n) is 3.44. The predicted octanol–water partition coefficient (Wildman–Crippen LogP) is 3.81. The second kappa shape index (κ2) is 9.09. The van der Waals surface area contributed by atoms with E-state index in [-0.39, 0.29) is 16.3 Å². The van der Waals surface area contributed by atoms with Crippen LogP contribution in [0.2, 0.25) is 0 Å². The lowest BCUT2D eigenvalue weighted by molar-refractivity contribution is -0.137. The third-order valence-corrected chi connectivity index (χ3v) is 6.96. The van der Waals surface area contributed by atoms with E-state index in [1.807, 2.05) is 0 Å². The summed E-state index contributed by atoms with van der Waals surface area (Å²) in [5.74, 6) is -0.225. The molecule has 1 heterocycles. The Morgan fingerprint density at radius 3 is 2.59 bits per heavy atom. The fourth-order valence-electron chi connectivity index (χ4n) is 2.14. The average molecular weight is 439 g/mol. The van der Waals surface area contributed by atoms with Crippen molar-refractivity contribution in [3.8, 4) is 0 Å². The van der Waals surface area contributed by atoms with Crippen LogP contribution in [0.25, 0.3) is 0 Å². The molecular formula is C16H17F3N2O3S3. The van der Waals surface area contributed by atoms with Gasteiger partial charge in [0.2, 0.25) is 5.91 Å². The zero-order chi connectivity index (χ0) is 20.1. The van der Waals surface area contributed by atoms with Crippen molar-refractivity contribution in [3.05, 3.63) is 47.3 Å². The molecule has 0 aliphatic heterocycles. The van der Waals surface area contributed by atoms with Crippen molar-refractivity contribution < 1.29 is 26.4 Å². The summed E-state index contributed by atoms with van der Waals surface area (Å²) in [5, 5.41) is 3.95. The van der Waals surface area contributed by atoms with Crippen molar-refractivity contribution in [2.24, 2.45) is 0 Å². The highest BCUT2D eigenvalue weighted by Crippen LogP contribution is 2.30. The van der Waals surface area contributed by atoms with E-state index in [9.17, 15) is 26.4 Å².